The fraction of sp³-hybridized carbons (Fsp3) is 0.176. The number of benzene rings is 2. The zero-order chi connectivity index (χ0) is 17.5. The molecule has 6 nitrogen and oxygen atoms in total. The summed E-state index contributed by atoms with van der Waals surface area (Å²) in [5.74, 6) is -0.0577. The van der Waals surface area contributed by atoms with E-state index in [2.05, 4.69) is 5.32 Å². The van der Waals surface area contributed by atoms with E-state index in [4.69, 9.17) is 25.8 Å². The first-order chi connectivity index (χ1) is 11.5. The molecule has 0 aromatic heterocycles. The molecule has 0 saturated heterocycles. The van der Waals surface area contributed by atoms with Gasteiger partial charge in [0.1, 0.15) is 11.5 Å². The lowest BCUT2D eigenvalue weighted by Gasteiger charge is -2.10. The summed E-state index contributed by atoms with van der Waals surface area (Å²) in [5.41, 5.74) is 0.744. The van der Waals surface area contributed by atoms with Crippen molar-refractivity contribution in [2.75, 3.05) is 26.1 Å². The van der Waals surface area contributed by atoms with Crippen molar-refractivity contribution in [3.63, 3.8) is 0 Å². The summed E-state index contributed by atoms with van der Waals surface area (Å²) in [6, 6.07) is 11.2. The number of amides is 1. The molecule has 2 aromatic carbocycles. The monoisotopic (exact) mass is 349 g/mol. The van der Waals surface area contributed by atoms with Crippen LogP contribution in [0.25, 0.3) is 0 Å². The zero-order valence-corrected chi connectivity index (χ0v) is 13.9. The number of anilines is 1. The van der Waals surface area contributed by atoms with Crippen LogP contribution in [0.4, 0.5) is 5.69 Å². The van der Waals surface area contributed by atoms with Crippen LogP contribution < -0.4 is 14.8 Å². The number of carbonyl (C=O) groups excluding carboxylic acids is 2. The summed E-state index contributed by atoms with van der Waals surface area (Å²) in [6.45, 7) is -0.426. The Morgan fingerprint density at radius 3 is 2.29 bits per heavy atom. The summed E-state index contributed by atoms with van der Waals surface area (Å²) in [7, 11) is 3.01. The molecule has 7 heteroatoms. The van der Waals surface area contributed by atoms with E-state index < -0.39 is 18.5 Å². The highest BCUT2D eigenvalue weighted by atomic mass is 35.5. The van der Waals surface area contributed by atoms with Gasteiger partial charge in [-0.3, -0.25) is 4.79 Å². The lowest BCUT2D eigenvalue weighted by Crippen LogP contribution is -2.21. The third kappa shape index (κ3) is 4.89. The Hall–Kier alpha value is -2.73. The number of methoxy groups -OCH3 is 2. The number of ether oxygens (including phenoxy) is 3. The van der Waals surface area contributed by atoms with E-state index >= 15 is 0 Å². The maximum atomic E-state index is 11.9. The Morgan fingerprint density at radius 1 is 1.04 bits per heavy atom. The first-order valence-electron chi connectivity index (χ1n) is 6.97. The molecule has 2 rings (SSSR count). The Morgan fingerprint density at radius 2 is 1.71 bits per heavy atom. The highest BCUT2D eigenvalue weighted by molar-refractivity contribution is 6.30. The fourth-order valence-electron chi connectivity index (χ4n) is 1.91. The van der Waals surface area contributed by atoms with Gasteiger partial charge in [-0.05, 0) is 18.2 Å². The summed E-state index contributed by atoms with van der Waals surface area (Å²) in [4.78, 5) is 23.8. The van der Waals surface area contributed by atoms with Gasteiger partial charge in [-0.2, -0.15) is 0 Å². The van der Waals surface area contributed by atoms with Crippen molar-refractivity contribution >= 4 is 29.2 Å². The second-order valence-electron chi connectivity index (χ2n) is 4.74. The highest BCUT2D eigenvalue weighted by Gasteiger charge is 2.11. The molecular weight excluding hydrogens is 334 g/mol. The maximum absolute atomic E-state index is 11.9. The normalized spacial score (nSPS) is 9.96. The molecule has 0 saturated carbocycles. The van der Waals surface area contributed by atoms with E-state index in [1.807, 2.05) is 0 Å². The second-order valence-corrected chi connectivity index (χ2v) is 5.17. The molecule has 0 aliphatic rings. The van der Waals surface area contributed by atoms with Crippen LogP contribution in [0.2, 0.25) is 5.02 Å². The molecule has 0 aliphatic carbocycles. The molecule has 24 heavy (non-hydrogen) atoms. The third-order valence-electron chi connectivity index (χ3n) is 3.03. The molecule has 0 unspecified atom stereocenters. The van der Waals surface area contributed by atoms with Crippen LogP contribution in [0.3, 0.4) is 0 Å². The topological polar surface area (TPSA) is 73.9 Å². The number of hydrogen-bond acceptors (Lipinski definition) is 5. The number of hydrogen-bond donors (Lipinski definition) is 1. The average Bonchev–Trinajstić information content (AvgIpc) is 2.59. The van der Waals surface area contributed by atoms with Crippen molar-refractivity contribution in [2.24, 2.45) is 0 Å². The molecule has 2 aromatic rings. The number of halogens is 1. The lowest BCUT2D eigenvalue weighted by atomic mass is 10.2. The van der Waals surface area contributed by atoms with Crippen LogP contribution in [0.15, 0.2) is 42.5 Å². The van der Waals surface area contributed by atoms with Crippen molar-refractivity contribution in [1.29, 1.82) is 0 Å². The van der Waals surface area contributed by atoms with Crippen LogP contribution in [0.1, 0.15) is 10.4 Å². The van der Waals surface area contributed by atoms with Crippen LogP contribution in [-0.2, 0) is 9.53 Å². The van der Waals surface area contributed by atoms with Crippen LogP contribution >= 0.6 is 11.6 Å². The summed E-state index contributed by atoms with van der Waals surface area (Å²) in [5, 5.41) is 3.02. The van der Waals surface area contributed by atoms with E-state index in [0.29, 0.717) is 22.2 Å². The van der Waals surface area contributed by atoms with Crippen molar-refractivity contribution in [2.45, 2.75) is 0 Å². The highest BCUT2D eigenvalue weighted by Crippen LogP contribution is 2.25. The zero-order valence-electron chi connectivity index (χ0n) is 13.2. The first-order valence-corrected chi connectivity index (χ1v) is 7.35. The van der Waals surface area contributed by atoms with Gasteiger partial charge in [-0.15, -0.1) is 0 Å². The van der Waals surface area contributed by atoms with Gasteiger partial charge < -0.3 is 19.5 Å². The summed E-state index contributed by atoms with van der Waals surface area (Å²) < 4.78 is 15.2. The van der Waals surface area contributed by atoms with Gasteiger partial charge >= 0.3 is 5.97 Å². The third-order valence-corrected chi connectivity index (χ3v) is 3.26. The summed E-state index contributed by atoms with van der Waals surface area (Å²) in [6.07, 6.45) is 0. The van der Waals surface area contributed by atoms with E-state index in [1.165, 1.54) is 20.3 Å². The number of carbonyl (C=O) groups is 2. The number of rotatable bonds is 6. The predicted octanol–water partition coefficient (Wildman–Crippen LogP) is 3.15. The van der Waals surface area contributed by atoms with Gasteiger partial charge in [0.15, 0.2) is 6.61 Å². The van der Waals surface area contributed by atoms with Crippen LogP contribution in [-0.4, -0.2) is 32.7 Å². The largest absolute Gasteiger partial charge is 0.497 e. The van der Waals surface area contributed by atoms with E-state index in [9.17, 15) is 9.59 Å². The molecule has 0 heterocycles. The minimum Gasteiger partial charge on any atom is -0.497 e. The van der Waals surface area contributed by atoms with Crippen molar-refractivity contribution < 1.29 is 23.8 Å². The molecular formula is C17H16ClNO5. The molecule has 0 fully saturated rings. The molecule has 0 aliphatic heterocycles. The summed E-state index contributed by atoms with van der Waals surface area (Å²) >= 11 is 5.81. The van der Waals surface area contributed by atoms with Gasteiger partial charge in [0.25, 0.3) is 5.91 Å². The number of esters is 1. The lowest BCUT2D eigenvalue weighted by molar-refractivity contribution is -0.119. The van der Waals surface area contributed by atoms with Gasteiger partial charge in [0, 0.05) is 28.9 Å². The molecule has 1 N–H and O–H groups in total. The quantitative estimate of drug-likeness (QED) is 0.811. The van der Waals surface area contributed by atoms with Gasteiger partial charge in [0.05, 0.1) is 19.8 Å². The maximum Gasteiger partial charge on any atom is 0.338 e. The average molecular weight is 350 g/mol. The fourth-order valence-corrected chi connectivity index (χ4v) is 2.10. The SMILES string of the molecule is COc1cc(NC(=O)COC(=O)c2cccc(Cl)c2)cc(OC)c1. The Labute approximate surface area is 144 Å². The Kier molecular flexibility index (Phi) is 6.03. The van der Waals surface area contributed by atoms with Crippen molar-refractivity contribution in [3.8, 4) is 11.5 Å². The smallest absolute Gasteiger partial charge is 0.338 e. The number of nitrogens with one attached hydrogen (secondary N) is 1. The van der Waals surface area contributed by atoms with Crippen molar-refractivity contribution in [1.82, 2.24) is 0 Å². The van der Waals surface area contributed by atoms with Crippen LogP contribution in [0.5, 0.6) is 11.5 Å². The van der Waals surface area contributed by atoms with Crippen LogP contribution in [0, 0.1) is 0 Å². The van der Waals surface area contributed by atoms with Gasteiger partial charge in [-0.25, -0.2) is 4.79 Å². The minimum atomic E-state index is -0.629. The Balaban J connectivity index is 1.95. The minimum absolute atomic E-state index is 0.276. The Bertz CT molecular complexity index is 725. The standard InChI is InChI=1S/C17H16ClNO5/c1-22-14-7-13(8-15(9-14)23-2)19-16(20)10-24-17(21)11-4-3-5-12(18)6-11/h3-9H,10H2,1-2H3,(H,19,20). The van der Waals surface area contributed by atoms with Gasteiger partial charge in [-0.1, -0.05) is 17.7 Å². The molecule has 0 spiro atoms. The van der Waals surface area contributed by atoms with E-state index in [0.717, 1.165) is 0 Å². The molecule has 126 valence electrons. The van der Waals surface area contributed by atoms with E-state index in [-0.39, 0.29) is 5.56 Å². The molecule has 0 bridgehead atoms. The van der Waals surface area contributed by atoms with Crippen molar-refractivity contribution in [3.05, 3.63) is 53.1 Å². The second kappa shape index (κ2) is 8.21. The molecule has 0 atom stereocenters. The van der Waals surface area contributed by atoms with Gasteiger partial charge in [0.2, 0.25) is 0 Å². The predicted molar refractivity (Wildman–Crippen MR) is 89.9 cm³/mol. The van der Waals surface area contributed by atoms with E-state index in [1.54, 1.807) is 36.4 Å². The molecule has 1 amide bonds. The first kappa shape index (κ1) is 17.6. The molecule has 0 radical (unpaired) electrons.